The van der Waals surface area contributed by atoms with Crippen molar-refractivity contribution < 1.29 is 28.6 Å². The van der Waals surface area contributed by atoms with Gasteiger partial charge in [-0.1, -0.05) is 276 Å². The molecular weight excluding hydrogens is 829 g/mol. The highest BCUT2D eigenvalue weighted by Crippen LogP contribution is 2.17. The molecule has 0 radical (unpaired) electrons. The molecule has 0 rings (SSSR count). The molecule has 0 bridgehead atoms. The molecule has 0 aliphatic carbocycles. The van der Waals surface area contributed by atoms with Gasteiger partial charge in [-0.05, 0) is 57.8 Å². The molecule has 0 aromatic rings. The van der Waals surface area contributed by atoms with Crippen molar-refractivity contribution in [2.45, 2.75) is 322 Å². The maximum Gasteiger partial charge on any atom is 0.306 e. The van der Waals surface area contributed by atoms with Crippen LogP contribution in [0.1, 0.15) is 316 Å². The Morgan fingerprint density at radius 3 is 0.866 bits per heavy atom. The van der Waals surface area contributed by atoms with Crippen LogP contribution in [0, 0.1) is 0 Å². The first-order valence-electron chi connectivity index (χ1n) is 29.5. The first-order valence-corrected chi connectivity index (χ1v) is 29.5. The summed E-state index contributed by atoms with van der Waals surface area (Å²) < 4.78 is 16.9. The summed E-state index contributed by atoms with van der Waals surface area (Å²) >= 11 is 0. The molecule has 0 aliphatic heterocycles. The smallest absolute Gasteiger partial charge is 0.306 e. The van der Waals surface area contributed by atoms with Gasteiger partial charge in [0.1, 0.15) is 13.2 Å². The number of hydrogen-bond acceptors (Lipinski definition) is 6. The van der Waals surface area contributed by atoms with E-state index in [9.17, 15) is 14.4 Å². The Bertz CT molecular complexity index is 1130. The molecule has 0 fully saturated rings. The summed E-state index contributed by atoms with van der Waals surface area (Å²) in [6.07, 6.45) is 67.0. The fraction of sp³-hybridized carbons (Fsp3) is 0.852. The Kier molecular flexibility index (Phi) is 54.2. The molecular formula is C61H112O6. The highest BCUT2D eigenvalue weighted by molar-refractivity contribution is 5.71. The average Bonchev–Trinajstić information content (AvgIpc) is 3.33. The van der Waals surface area contributed by atoms with Crippen LogP contribution in [0.25, 0.3) is 0 Å². The zero-order chi connectivity index (χ0) is 48.6. The first-order chi connectivity index (χ1) is 33.0. The third kappa shape index (κ3) is 54.4. The van der Waals surface area contributed by atoms with Crippen LogP contribution in [0.3, 0.4) is 0 Å². The second-order valence-electron chi connectivity index (χ2n) is 19.9. The summed E-state index contributed by atoms with van der Waals surface area (Å²) in [5.41, 5.74) is 0. The third-order valence-corrected chi connectivity index (χ3v) is 13.1. The number of hydrogen-bond donors (Lipinski definition) is 0. The SMILES string of the molecule is CCCCC/C=C\C/C=C\C/C=C\CCCCCCCCC(=O)OC[C@@H](COC(=O)CCCCCCCCCCCCCC)OC(=O)CCCCCCCCCCCCCCCCCCCC. The molecule has 6 nitrogen and oxygen atoms in total. The predicted molar refractivity (Wildman–Crippen MR) is 289 cm³/mol. The molecule has 0 amide bonds. The van der Waals surface area contributed by atoms with Gasteiger partial charge in [-0.25, -0.2) is 0 Å². The van der Waals surface area contributed by atoms with Gasteiger partial charge in [0.15, 0.2) is 6.10 Å². The number of allylic oxidation sites excluding steroid dienone is 6. The molecule has 0 saturated carbocycles. The number of carbonyl (C=O) groups is 3. The highest BCUT2D eigenvalue weighted by atomic mass is 16.6. The molecule has 0 aliphatic rings. The summed E-state index contributed by atoms with van der Waals surface area (Å²) in [5.74, 6) is -0.865. The maximum absolute atomic E-state index is 12.9. The van der Waals surface area contributed by atoms with Crippen molar-refractivity contribution in [1.29, 1.82) is 0 Å². The molecule has 1 atom stereocenters. The minimum atomic E-state index is -0.773. The summed E-state index contributed by atoms with van der Waals surface area (Å²) in [6.45, 7) is 6.64. The van der Waals surface area contributed by atoms with Crippen LogP contribution in [-0.2, 0) is 28.6 Å². The van der Waals surface area contributed by atoms with Crippen LogP contribution in [-0.4, -0.2) is 37.2 Å². The van der Waals surface area contributed by atoms with Crippen LogP contribution < -0.4 is 0 Å². The Morgan fingerprint density at radius 2 is 0.537 bits per heavy atom. The van der Waals surface area contributed by atoms with Crippen molar-refractivity contribution in [3.05, 3.63) is 36.5 Å². The number of rotatable bonds is 54. The summed E-state index contributed by atoms with van der Waals surface area (Å²) in [5, 5.41) is 0. The zero-order valence-corrected chi connectivity index (χ0v) is 44.9. The van der Waals surface area contributed by atoms with Crippen molar-refractivity contribution in [2.75, 3.05) is 13.2 Å². The van der Waals surface area contributed by atoms with Gasteiger partial charge in [-0.15, -0.1) is 0 Å². The van der Waals surface area contributed by atoms with Gasteiger partial charge in [0.05, 0.1) is 0 Å². The number of ether oxygens (including phenoxy) is 3. The van der Waals surface area contributed by atoms with E-state index in [-0.39, 0.29) is 31.1 Å². The second kappa shape index (κ2) is 56.2. The van der Waals surface area contributed by atoms with E-state index in [2.05, 4.69) is 57.2 Å². The molecule has 6 heteroatoms. The Labute approximate surface area is 416 Å². The standard InChI is InChI=1S/C61H112O6/c1-4-7-10-13-16-19-22-25-27-29-31-33-34-36-39-42-45-48-51-54-60(63)66-57-58(56-65-59(62)53-50-47-44-41-38-24-21-18-15-12-9-6-3)67-61(64)55-52-49-46-43-40-37-35-32-30-28-26-23-20-17-14-11-8-5-2/h16,19,25,27,31,33,58H,4-15,17-18,20-24,26,28-30,32,34-57H2,1-3H3/b19-16-,27-25-,33-31-/t58-/m1/s1. The van der Waals surface area contributed by atoms with E-state index in [0.717, 1.165) is 77.0 Å². The minimum absolute atomic E-state index is 0.0715. The van der Waals surface area contributed by atoms with Gasteiger partial charge in [0, 0.05) is 19.3 Å². The Hall–Kier alpha value is -2.37. The largest absolute Gasteiger partial charge is 0.462 e. The van der Waals surface area contributed by atoms with Crippen LogP contribution >= 0.6 is 0 Å². The summed E-state index contributed by atoms with van der Waals surface area (Å²) in [7, 11) is 0. The van der Waals surface area contributed by atoms with E-state index < -0.39 is 6.10 Å². The minimum Gasteiger partial charge on any atom is -0.462 e. The van der Waals surface area contributed by atoms with Crippen molar-refractivity contribution in [3.8, 4) is 0 Å². The van der Waals surface area contributed by atoms with Crippen molar-refractivity contribution in [2.24, 2.45) is 0 Å². The van der Waals surface area contributed by atoms with Gasteiger partial charge in [0.2, 0.25) is 0 Å². The molecule has 67 heavy (non-hydrogen) atoms. The van der Waals surface area contributed by atoms with Crippen molar-refractivity contribution in [3.63, 3.8) is 0 Å². The molecule has 0 aromatic carbocycles. The fourth-order valence-corrected chi connectivity index (χ4v) is 8.69. The predicted octanol–water partition coefficient (Wildman–Crippen LogP) is 19.7. The molecule has 0 saturated heterocycles. The first kappa shape index (κ1) is 64.6. The molecule has 392 valence electrons. The van der Waals surface area contributed by atoms with E-state index >= 15 is 0 Å². The summed E-state index contributed by atoms with van der Waals surface area (Å²) in [4.78, 5) is 38.1. The molecule has 0 heterocycles. The maximum atomic E-state index is 12.9. The van der Waals surface area contributed by atoms with Crippen LogP contribution in [0.2, 0.25) is 0 Å². The van der Waals surface area contributed by atoms with E-state index in [0.29, 0.717) is 19.3 Å². The number of carbonyl (C=O) groups excluding carboxylic acids is 3. The number of esters is 3. The average molecular weight is 942 g/mol. The molecule has 0 spiro atoms. The van der Waals surface area contributed by atoms with Gasteiger partial charge in [-0.3, -0.25) is 14.4 Å². The molecule has 0 aromatic heterocycles. The quantitative estimate of drug-likeness (QED) is 0.0262. The Morgan fingerprint density at radius 1 is 0.299 bits per heavy atom. The Balaban J connectivity index is 4.33. The lowest BCUT2D eigenvalue weighted by Gasteiger charge is -2.18. The van der Waals surface area contributed by atoms with Crippen LogP contribution in [0.15, 0.2) is 36.5 Å². The lowest BCUT2D eigenvalue weighted by molar-refractivity contribution is -0.167. The normalized spacial score (nSPS) is 12.2. The molecule has 0 N–H and O–H groups in total. The second-order valence-corrected chi connectivity index (χ2v) is 19.9. The van der Waals surface area contributed by atoms with Gasteiger partial charge < -0.3 is 14.2 Å². The molecule has 0 unspecified atom stereocenters. The van der Waals surface area contributed by atoms with E-state index in [1.54, 1.807) is 0 Å². The lowest BCUT2D eigenvalue weighted by Crippen LogP contribution is -2.30. The highest BCUT2D eigenvalue weighted by Gasteiger charge is 2.19. The van der Waals surface area contributed by atoms with Gasteiger partial charge in [-0.2, -0.15) is 0 Å². The van der Waals surface area contributed by atoms with Gasteiger partial charge >= 0.3 is 17.9 Å². The van der Waals surface area contributed by atoms with Crippen molar-refractivity contribution in [1.82, 2.24) is 0 Å². The fourth-order valence-electron chi connectivity index (χ4n) is 8.69. The lowest BCUT2D eigenvalue weighted by atomic mass is 10.0. The number of unbranched alkanes of at least 4 members (excludes halogenated alkanes) is 37. The zero-order valence-electron chi connectivity index (χ0n) is 44.9. The monoisotopic (exact) mass is 941 g/mol. The summed E-state index contributed by atoms with van der Waals surface area (Å²) in [6, 6.07) is 0. The van der Waals surface area contributed by atoms with Crippen LogP contribution in [0.5, 0.6) is 0 Å². The van der Waals surface area contributed by atoms with E-state index in [1.165, 1.54) is 199 Å². The van der Waals surface area contributed by atoms with Crippen molar-refractivity contribution >= 4 is 17.9 Å². The van der Waals surface area contributed by atoms with Gasteiger partial charge in [0.25, 0.3) is 0 Å². The van der Waals surface area contributed by atoms with E-state index in [1.807, 2.05) is 0 Å². The third-order valence-electron chi connectivity index (χ3n) is 13.1. The van der Waals surface area contributed by atoms with Crippen LogP contribution in [0.4, 0.5) is 0 Å². The van der Waals surface area contributed by atoms with E-state index in [4.69, 9.17) is 14.2 Å². The topological polar surface area (TPSA) is 78.9 Å².